The molecule has 6 nitrogen and oxygen atoms in total. The molecule has 0 saturated heterocycles. The van der Waals surface area contributed by atoms with Gasteiger partial charge in [0.1, 0.15) is 9.84 Å². The Morgan fingerprint density at radius 2 is 1.46 bits per heavy atom. The van der Waals surface area contributed by atoms with Gasteiger partial charge in [-0.3, -0.25) is 9.59 Å². The highest BCUT2D eigenvalue weighted by molar-refractivity contribution is 14.1. The topological polar surface area (TPSA) is 92.3 Å². The highest BCUT2D eigenvalue weighted by Gasteiger charge is 2.73. The van der Waals surface area contributed by atoms with Crippen LogP contribution in [0.3, 0.4) is 0 Å². The molecule has 2 aromatic carbocycles. The maximum atomic E-state index is 14.4. The van der Waals surface area contributed by atoms with Gasteiger partial charge >= 0.3 is 18.0 Å². The molecule has 16 heteroatoms. The number of aryl methyl sites for hydroxylation is 1. The highest BCUT2D eigenvalue weighted by atomic mass is 127. The van der Waals surface area contributed by atoms with Crippen molar-refractivity contribution in [3.05, 3.63) is 61.2 Å². The number of benzene rings is 2. The predicted octanol–water partition coefficient (Wildman–Crippen LogP) is 6.35. The molecule has 2 rings (SSSR count). The molecule has 0 heterocycles. The number of sulfone groups is 1. The molecule has 0 atom stereocenters. The van der Waals surface area contributed by atoms with Gasteiger partial charge in [-0.1, -0.05) is 23.7 Å². The van der Waals surface area contributed by atoms with Gasteiger partial charge in [0.2, 0.25) is 0 Å². The fourth-order valence-electron chi connectivity index (χ4n) is 3.75. The van der Waals surface area contributed by atoms with Gasteiger partial charge in [-0.05, 0) is 67.1 Å². The lowest BCUT2D eigenvalue weighted by molar-refractivity contribution is -0.348. The average Bonchev–Trinajstić information content (AvgIpc) is 2.71. The van der Waals surface area contributed by atoms with E-state index < -0.39 is 62.1 Å². The van der Waals surface area contributed by atoms with Gasteiger partial charge < -0.3 is 10.6 Å². The van der Waals surface area contributed by atoms with Crippen LogP contribution < -0.4 is 10.6 Å². The largest absolute Gasteiger partial charge is 0.435 e. The van der Waals surface area contributed by atoms with Crippen molar-refractivity contribution in [2.24, 2.45) is 0 Å². The van der Waals surface area contributed by atoms with Crippen molar-refractivity contribution in [1.29, 1.82) is 0 Å². The number of anilines is 1. The van der Waals surface area contributed by atoms with E-state index in [2.05, 4.69) is 10.6 Å². The quantitative estimate of drug-likeness (QED) is 0.258. The maximum absolute atomic E-state index is 14.4. The van der Waals surface area contributed by atoms with Gasteiger partial charge in [-0.15, -0.1) is 0 Å². The third kappa shape index (κ3) is 7.34. The second kappa shape index (κ2) is 11.0. The number of alkyl halides is 7. The highest BCUT2D eigenvalue weighted by Crippen LogP contribution is 2.53. The van der Waals surface area contributed by atoms with Gasteiger partial charge in [-0.25, -0.2) is 12.8 Å². The first kappa shape index (κ1) is 33.1. The number of carbonyl (C=O) groups excluding carboxylic acids is 2. The van der Waals surface area contributed by atoms with E-state index in [-0.39, 0.29) is 31.5 Å². The Labute approximate surface area is 237 Å². The molecule has 2 amide bonds. The maximum Gasteiger partial charge on any atom is 0.435 e. The molecule has 0 aliphatic heterocycles. The SMILES string of the molecule is Cc1cc(C(F)(C(F)(F)F)C(F)(F)F)ccc1NC(=O)c1c(Cl)ccc(I)c1C(=O)NC(C)(C)CS(C)(=O)=O. The Morgan fingerprint density at radius 3 is 1.92 bits per heavy atom. The lowest BCUT2D eigenvalue weighted by atomic mass is 9.92. The normalized spacial score (nSPS) is 13.3. The molecule has 2 aromatic rings. The Bertz CT molecular complexity index is 1400. The summed E-state index contributed by atoms with van der Waals surface area (Å²) in [6.45, 7) is 3.91. The van der Waals surface area contributed by atoms with Crippen molar-refractivity contribution in [2.45, 2.75) is 44.3 Å². The van der Waals surface area contributed by atoms with Gasteiger partial charge in [-0.2, -0.15) is 26.3 Å². The molecule has 0 aliphatic rings. The van der Waals surface area contributed by atoms with Crippen molar-refractivity contribution in [3.8, 4) is 0 Å². The standard InChI is InChI=1S/C23H21ClF7IN2O4S/c1-11-9-12(21(25,22(26,27)28)23(29,30)31)5-8-15(11)33-18(35)16-13(24)6-7-14(32)17(16)19(36)34-20(2,3)10-39(4,37)38/h5-9H,10H2,1-4H3,(H,33,35)(H,34,36). The summed E-state index contributed by atoms with van der Waals surface area (Å²) in [5.74, 6) is -2.37. The van der Waals surface area contributed by atoms with E-state index in [1.165, 1.54) is 26.0 Å². The number of hydrogen-bond acceptors (Lipinski definition) is 4. The molecule has 0 saturated carbocycles. The number of hydrogen-bond donors (Lipinski definition) is 2. The number of carbonyl (C=O) groups is 2. The third-order valence-electron chi connectivity index (χ3n) is 5.29. The van der Waals surface area contributed by atoms with Crippen molar-refractivity contribution >= 4 is 61.5 Å². The van der Waals surface area contributed by atoms with Gasteiger partial charge in [0.25, 0.3) is 11.8 Å². The number of nitrogens with one attached hydrogen (secondary N) is 2. The molecular formula is C23H21ClF7IN2O4S. The van der Waals surface area contributed by atoms with Crippen molar-refractivity contribution < 1.29 is 48.7 Å². The van der Waals surface area contributed by atoms with Crippen molar-refractivity contribution in [1.82, 2.24) is 5.32 Å². The zero-order valence-corrected chi connectivity index (χ0v) is 24.3. The second-order valence-corrected chi connectivity index (χ2v) is 13.0. The Morgan fingerprint density at radius 1 is 0.923 bits per heavy atom. The van der Waals surface area contributed by atoms with Crippen LogP contribution in [0.1, 0.15) is 45.7 Å². The van der Waals surface area contributed by atoms with E-state index in [1.54, 1.807) is 22.6 Å². The van der Waals surface area contributed by atoms with Gasteiger partial charge in [0, 0.05) is 26.6 Å². The molecule has 0 aromatic heterocycles. The summed E-state index contributed by atoms with van der Waals surface area (Å²) in [7, 11) is -3.52. The van der Waals surface area contributed by atoms with E-state index >= 15 is 0 Å². The van der Waals surface area contributed by atoms with Crippen LogP contribution in [0.2, 0.25) is 5.02 Å². The van der Waals surface area contributed by atoms with Crippen molar-refractivity contribution in [3.63, 3.8) is 0 Å². The molecule has 0 aliphatic carbocycles. The van der Waals surface area contributed by atoms with Gasteiger partial charge in [0.05, 0.1) is 21.9 Å². The summed E-state index contributed by atoms with van der Waals surface area (Å²) in [4.78, 5) is 26.3. The first-order chi connectivity index (χ1) is 17.4. The van der Waals surface area contributed by atoms with E-state index in [1.807, 2.05) is 0 Å². The van der Waals surface area contributed by atoms with Crippen LogP contribution in [0.4, 0.5) is 36.4 Å². The summed E-state index contributed by atoms with van der Waals surface area (Å²) >= 11 is 7.89. The summed E-state index contributed by atoms with van der Waals surface area (Å²) in [6.07, 6.45) is -11.7. The lowest BCUT2D eigenvalue weighted by Crippen LogP contribution is -2.50. The molecule has 0 radical (unpaired) electrons. The van der Waals surface area contributed by atoms with E-state index in [0.717, 1.165) is 13.2 Å². The Hall–Kier alpha value is -2.14. The summed E-state index contributed by atoms with van der Waals surface area (Å²) in [6, 6.07) is 3.87. The van der Waals surface area contributed by atoms with E-state index in [0.29, 0.717) is 12.1 Å². The molecular weight excluding hydrogens is 696 g/mol. The summed E-state index contributed by atoms with van der Waals surface area (Å²) < 4.78 is 117. The van der Waals surface area contributed by atoms with Gasteiger partial charge in [0.15, 0.2) is 0 Å². The first-order valence-corrected chi connectivity index (χ1v) is 14.2. The predicted molar refractivity (Wildman–Crippen MR) is 139 cm³/mol. The summed E-state index contributed by atoms with van der Waals surface area (Å²) in [5.41, 5.74) is -9.95. The molecule has 0 bridgehead atoms. The number of rotatable bonds is 7. The minimum atomic E-state index is -6.32. The fraction of sp³-hybridized carbons (Fsp3) is 0.391. The fourth-order valence-corrected chi connectivity index (χ4v) is 6.07. The van der Waals surface area contributed by atoms with Crippen LogP contribution in [0.25, 0.3) is 0 Å². The number of halogens is 9. The molecule has 39 heavy (non-hydrogen) atoms. The minimum Gasteiger partial charge on any atom is -0.346 e. The smallest absolute Gasteiger partial charge is 0.346 e. The number of amides is 2. The van der Waals surface area contributed by atoms with Crippen LogP contribution >= 0.6 is 34.2 Å². The van der Waals surface area contributed by atoms with Crippen LogP contribution in [0, 0.1) is 10.5 Å². The molecule has 2 N–H and O–H groups in total. The van der Waals surface area contributed by atoms with Crippen molar-refractivity contribution in [2.75, 3.05) is 17.3 Å². The summed E-state index contributed by atoms with van der Waals surface area (Å²) in [5, 5.41) is 4.53. The first-order valence-electron chi connectivity index (χ1n) is 10.6. The zero-order chi connectivity index (χ0) is 30.4. The molecule has 0 fully saturated rings. The van der Waals surface area contributed by atoms with Crippen LogP contribution in [-0.4, -0.2) is 50.1 Å². The van der Waals surface area contributed by atoms with Crippen LogP contribution in [-0.2, 0) is 15.5 Å². The van der Waals surface area contributed by atoms with Crippen LogP contribution in [0.15, 0.2) is 30.3 Å². The monoisotopic (exact) mass is 716 g/mol. The Balaban J connectivity index is 2.50. The zero-order valence-electron chi connectivity index (χ0n) is 20.5. The minimum absolute atomic E-state index is 0.222. The Kier molecular flexibility index (Phi) is 9.35. The molecule has 0 unspecified atom stereocenters. The average molecular weight is 717 g/mol. The molecule has 216 valence electrons. The molecule has 0 spiro atoms. The van der Waals surface area contributed by atoms with Crippen LogP contribution in [0.5, 0.6) is 0 Å². The van der Waals surface area contributed by atoms with E-state index in [4.69, 9.17) is 11.6 Å². The van der Waals surface area contributed by atoms with E-state index in [9.17, 15) is 48.7 Å². The third-order valence-corrected chi connectivity index (χ3v) is 7.75. The second-order valence-electron chi connectivity index (χ2n) is 9.33. The lowest BCUT2D eigenvalue weighted by Gasteiger charge is -2.30.